The van der Waals surface area contributed by atoms with Gasteiger partial charge in [-0.2, -0.15) is 0 Å². The number of fused-ring (bicyclic) bond motifs is 2. The largest absolute Gasteiger partial charge is 0.358 e. The summed E-state index contributed by atoms with van der Waals surface area (Å²) in [5, 5.41) is 2.63. The zero-order valence-electron chi connectivity index (χ0n) is 18.7. The number of nitrogens with one attached hydrogen (secondary N) is 1. The van der Waals surface area contributed by atoms with Crippen molar-refractivity contribution in [3.8, 4) is 0 Å². The molecule has 1 aliphatic heterocycles. The van der Waals surface area contributed by atoms with Crippen LogP contribution in [-0.4, -0.2) is 40.1 Å². The van der Waals surface area contributed by atoms with Crippen LogP contribution in [0.25, 0.3) is 11.0 Å². The Morgan fingerprint density at radius 1 is 1.03 bits per heavy atom. The zero-order chi connectivity index (χ0) is 21.5. The predicted octanol–water partition coefficient (Wildman–Crippen LogP) is 3.60. The minimum absolute atomic E-state index is 0. The average Bonchev–Trinajstić information content (AvgIpc) is 3.34. The summed E-state index contributed by atoms with van der Waals surface area (Å²) in [7, 11) is 1.60. The van der Waals surface area contributed by atoms with Gasteiger partial charge in [0.2, 0.25) is 5.91 Å². The molecule has 0 saturated carbocycles. The highest BCUT2D eigenvalue weighted by atomic mass is 35.5. The third-order valence-corrected chi connectivity index (χ3v) is 7.19. The lowest BCUT2D eigenvalue weighted by atomic mass is 9.97. The van der Waals surface area contributed by atoms with Gasteiger partial charge in [0.15, 0.2) is 0 Å². The van der Waals surface area contributed by atoms with Gasteiger partial charge < -0.3 is 5.32 Å². The molecule has 2 heterocycles. The number of carbonyl (C=O) groups is 1. The summed E-state index contributed by atoms with van der Waals surface area (Å²) >= 11 is 0. The van der Waals surface area contributed by atoms with Crippen LogP contribution in [0.1, 0.15) is 48.0 Å². The maximum Gasteiger partial charge on any atom is 0.329 e. The van der Waals surface area contributed by atoms with E-state index in [1.807, 2.05) is 28.8 Å². The van der Waals surface area contributed by atoms with Gasteiger partial charge in [-0.1, -0.05) is 30.3 Å². The first-order chi connectivity index (χ1) is 15.1. The Balaban J connectivity index is 0.00000245. The SMILES string of the molecule is CNC(=O)Cn1c(=O)n(C2CCN(C3CCc4cccc(C)c43)CC2)c2ccccc21.Cl. The van der Waals surface area contributed by atoms with Crippen molar-refractivity contribution in [2.45, 2.75) is 51.2 Å². The number of aromatic nitrogens is 2. The molecular weight excluding hydrogens is 424 g/mol. The van der Waals surface area contributed by atoms with Gasteiger partial charge >= 0.3 is 5.69 Å². The summed E-state index contributed by atoms with van der Waals surface area (Å²) in [6, 6.07) is 15.2. The molecule has 0 radical (unpaired) electrons. The standard InChI is InChI=1S/C25H30N4O2.ClH/c1-17-6-5-7-18-10-11-22(24(17)18)27-14-12-19(13-15-27)29-21-9-4-3-8-20(21)28(25(29)31)16-23(30)26-2;/h3-9,19,22H,10-16H2,1-2H3,(H,26,30);1H. The lowest BCUT2D eigenvalue weighted by Crippen LogP contribution is -2.40. The van der Waals surface area contributed by atoms with Crippen LogP contribution in [0.5, 0.6) is 0 Å². The lowest BCUT2D eigenvalue weighted by Gasteiger charge is -2.37. The number of likely N-dealkylation sites (tertiary alicyclic amines) is 1. The van der Waals surface area contributed by atoms with Crippen molar-refractivity contribution in [1.82, 2.24) is 19.4 Å². The van der Waals surface area contributed by atoms with Crippen LogP contribution >= 0.6 is 12.4 Å². The van der Waals surface area contributed by atoms with E-state index in [1.54, 1.807) is 11.6 Å². The number of carbonyl (C=O) groups excluding carboxylic acids is 1. The van der Waals surface area contributed by atoms with Crippen LogP contribution < -0.4 is 11.0 Å². The molecule has 1 saturated heterocycles. The second kappa shape index (κ2) is 9.12. The summed E-state index contributed by atoms with van der Waals surface area (Å²) in [5.41, 5.74) is 6.11. The number of benzene rings is 2. The summed E-state index contributed by atoms with van der Waals surface area (Å²) in [6.07, 6.45) is 4.25. The van der Waals surface area contributed by atoms with Crippen molar-refractivity contribution in [3.05, 3.63) is 69.6 Å². The molecule has 0 bridgehead atoms. The molecule has 6 nitrogen and oxygen atoms in total. The number of aryl methyl sites for hydroxylation is 2. The van der Waals surface area contributed by atoms with Crippen molar-refractivity contribution in [1.29, 1.82) is 0 Å². The molecule has 1 N–H and O–H groups in total. The van der Waals surface area contributed by atoms with Crippen LogP contribution in [0.4, 0.5) is 0 Å². The molecule has 1 aromatic heterocycles. The van der Waals surface area contributed by atoms with Crippen molar-refractivity contribution < 1.29 is 4.79 Å². The Kier molecular flexibility index (Phi) is 6.45. The number of nitrogens with zero attached hydrogens (tertiary/aromatic N) is 3. The molecule has 1 fully saturated rings. The topological polar surface area (TPSA) is 59.3 Å². The number of likely N-dealkylation sites (N-methyl/N-ethyl adjacent to an activating group) is 1. The first kappa shape index (κ1) is 22.6. The van der Waals surface area contributed by atoms with Gasteiger partial charge in [0.25, 0.3) is 0 Å². The van der Waals surface area contributed by atoms with Crippen LogP contribution in [0.15, 0.2) is 47.3 Å². The monoisotopic (exact) mass is 454 g/mol. The van der Waals surface area contributed by atoms with E-state index in [1.165, 1.54) is 23.1 Å². The van der Waals surface area contributed by atoms with Gasteiger partial charge in [-0.25, -0.2) is 4.79 Å². The lowest BCUT2D eigenvalue weighted by molar-refractivity contribution is -0.121. The van der Waals surface area contributed by atoms with Crippen molar-refractivity contribution in [2.75, 3.05) is 20.1 Å². The van der Waals surface area contributed by atoms with Crippen LogP contribution in [0.2, 0.25) is 0 Å². The molecule has 0 spiro atoms. The van der Waals surface area contributed by atoms with Crippen LogP contribution in [0.3, 0.4) is 0 Å². The Morgan fingerprint density at radius 2 is 1.75 bits per heavy atom. The maximum absolute atomic E-state index is 13.3. The smallest absolute Gasteiger partial charge is 0.329 e. The highest BCUT2D eigenvalue weighted by molar-refractivity contribution is 5.85. The fraction of sp³-hybridized carbons (Fsp3) is 0.440. The minimum Gasteiger partial charge on any atom is -0.358 e. The molecular formula is C25H31ClN4O2. The second-order valence-electron chi connectivity index (χ2n) is 8.87. The molecule has 170 valence electrons. The molecule has 7 heteroatoms. The third kappa shape index (κ3) is 3.76. The number of hydrogen-bond acceptors (Lipinski definition) is 3. The summed E-state index contributed by atoms with van der Waals surface area (Å²) in [5.74, 6) is -0.157. The zero-order valence-corrected chi connectivity index (χ0v) is 19.5. The Labute approximate surface area is 194 Å². The highest BCUT2D eigenvalue weighted by Gasteiger charge is 2.33. The molecule has 2 aliphatic rings. The quantitative estimate of drug-likeness (QED) is 0.655. The highest BCUT2D eigenvalue weighted by Crippen LogP contribution is 2.40. The van der Waals surface area contributed by atoms with E-state index in [-0.39, 0.29) is 36.6 Å². The number of para-hydroxylation sites is 2. The van der Waals surface area contributed by atoms with Gasteiger partial charge in [-0.15, -0.1) is 12.4 Å². The van der Waals surface area contributed by atoms with Gasteiger partial charge in [0.1, 0.15) is 6.54 Å². The van der Waals surface area contributed by atoms with E-state index in [2.05, 4.69) is 35.3 Å². The molecule has 2 aromatic carbocycles. The fourth-order valence-corrected chi connectivity index (χ4v) is 5.65. The number of amides is 1. The Morgan fingerprint density at radius 3 is 2.47 bits per heavy atom. The normalized spacial score (nSPS) is 19.0. The molecule has 1 aliphatic carbocycles. The Bertz CT molecular complexity index is 1190. The van der Waals surface area contributed by atoms with Gasteiger partial charge in [0.05, 0.1) is 11.0 Å². The minimum atomic E-state index is -0.157. The first-order valence-electron chi connectivity index (χ1n) is 11.3. The number of hydrogen-bond donors (Lipinski definition) is 1. The third-order valence-electron chi connectivity index (χ3n) is 7.19. The van der Waals surface area contributed by atoms with E-state index in [0.29, 0.717) is 6.04 Å². The van der Waals surface area contributed by atoms with E-state index in [4.69, 9.17) is 0 Å². The van der Waals surface area contributed by atoms with Gasteiger partial charge in [0, 0.05) is 32.2 Å². The number of imidazole rings is 1. The van der Waals surface area contributed by atoms with E-state index < -0.39 is 0 Å². The maximum atomic E-state index is 13.3. The van der Waals surface area contributed by atoms with Gasteiger partial charge in [-0.3, -0.25) is 18.8 Å². The number of piperidine rings is 1. The number of rotatable bonds is 4. The second-order valence-corrected chi connectivity index (χ2v) is 8.87. The Hall–Kier alpha value is -2.57. The number of halogens is 1. The summed E-state index contributed by atoms with van der Waals surface area (Å²) in [4.78, 5) is 27.9. The van der Waals surface area contributed by atoms with Crippen molar-refractivity contribution >= 4 is 29.3 Å². The molecule has 1 atom stereocenters. The average molecular weight is 455 g/mol. The van der Waals surface area contributed by atoms with E-state index in [0.717, 1.165) is 43.4 Å². The van der Waals surface area contributed by atoms with Crippen molar-refractivity contribution in [2.24, 2.45) is 0 Å². The summed E-state index contributed by atoms with van der Waals surface area (Å²) < 4.78 is 3.54. The molecule has 5 rings (SSSR count). The van der Waals surface area contributed by atoms with Crippen LogP contribution in [0, 0.1) is 6.92 Å². The molecule has 3 aromatic rings. The van der Waals surface area contributed by atoms with E-state index in [9.17, 15) is 9.59 Å². The molecule has 32 heavy (non-hydrogen) atoms. The van der Waals surface area contributed by atoms with Crippen LogP contribution in [-0.2, 0) is 17.8 Å². The van der Waals surface area contributed by atoms with E-state index >= 15 is 0 Å². The first-order valence-corrected chi connectivity index (χ1v) is 11.3. The molecule has 1 unspecified atom stereocenters. The van der Waals surface area contributed by atoms with Crippen molar-refractivity contribution in [3.63, 3.8) is 0 Å². The predicted molar refractivity (Wildman–Crippen MR) is 130 cm³/mol. The summed E-state index contributed by atoms with van der Waals surface area (Å²) in [6.45, 7) is 4.26. The molecule has 1 amide bonds. The fourth-order valence-electron chi connectivity index (χ4n) is 5.65. The van der Waals surface area contributed by atoms with Gasteiger partial charge in [-0.05, 0) is 61.4 Å².